The van der Waals surface area contributed by atoms with E-state index in [1.807, 2.05) is 0 Å². The summed E-state index contributed by atoms with van der Waals surface area (Å²) in [5.41, 5.74) is 0.967. The topological polar surface area (TPSA) is 67.4 Å². The van der Waals surface area contributed by atoms with Crippen molar-refractivity contribution in [2.75, 3.05) is 19.8 Å². The highest BCUT2D eigenvalue weighted by Crippen LogP contribution is 2.21. The second kappa shape index (κ2) is 11.0. The molecule has 2 amide bonds. The molecule has 0 aliphatic carbocycles. The highest BCUT2D eigenvalue weighted by atomic mass is 19.1. The molecule has 0 aromatic heterocycles. The third kappa shape index (κ3) is 7.43. The van der Waals surface area contributed by atoms with E-state index in [1.165, 1.54) is 24.3 Å². The van der Waals surface area contributed by atoms with Crippen molar-refractivity contribution < 1.29 is 23.1 Å². The van der Waals surface area contributed by atoms with Gasteiger partial charge in [-0.3, -0.25) is 9.59 Å². The van der Waals surface area contributed by atoms with Gasteiger partial charge in [-0.25, -0.2) is 8.78 Å². The van der Waals surface area contributed by atoms with E-state index < -0.39 is 5.54 Å². The third-order valence-corrected chi connectivity index (χ3v) is 5.54. The van der Waals surface area contributed by atoms with Gasteiger partial charge in [-0.2, -0.15) is 0 Å². The molecule has 31 heavy (non-hydrogen) atoms. The molecule has 1 aliphatic heterocycles. The molecule has 0 saturated carbocycles. The smallest absolute Gasteiger partial charge is 0.220 e. The van der Waals surface area contributed by atoms with Crippen LogP contribution in [0.4, 0.5) is 8.78 Å². The number of hydrogen-bond acceptors (Lipinski definition) is 3. The summed E-state index contributed by atoms with van der Waals surface area (Å²) < 4.78 is 32.0. The quantitative estimate of drug-likeness (QED) is 0.642. The van der Waals surface area contributed by atoms with Gasteiger partial charge in [0, 0.05) is 32.6 Å². The van der Waals surface area contributed by atoms with Crippen LogP contribution in [-0.4, -0.2) is 37.1 Å². The van der Waals surface area contributed by atoms with Crippen molar-refractivity contribution in [3.63, 3.8) is 0 Å². The molecular formula is C24H28F2N2O3. The summed E-state index contributed by atoms with van der Waals surface area (Å²) in [7, 11) is 0. The minimum absolute atomic E-state index is 0.139. The fraction of sp³-hybridized carbons (Fsp3) is 0.417. The maximum Gasteiger partial charge on any atom is 0.220 e. The molecule has 166 valence electrons. The molecule has 5 nitrogen and oxygen atoms in total. The largest absolute Gasteiger partial charge is 0.381 e. The Bertz CT molecular complexity index is 898. The van der Waals surface area contributed by atoms with Crippen LogP contribution in [0.2, 0.25) is 0 Å². The molecule has 1 heterocycles. The van der Waals surface area contributed by atoms with Gasteiger partial charge in [0.1, 0.15) is 11.6 Å². The maximum atomic E-state index is 13.3. The third-order valence-electron chi connectivity index (χ3n) is 5.54. The van der Waals surface area contributed by atoms with E-state index in [1.54, 1.807) is 24.3 Å². The van der Waals surface area contributed by atoms with Gasteiger partial charge in [-0.1, -0.05) is 24.3 Å². The number of rotatable bonds is 9. The first-order valence-corrected chi connectivity index (χ1v) is 10.6. The van der Waals surface area contributed by atoms with Gasteiger partial charge >= 0.3 is 0 Å². The monoisotopic (exact) mass is 430 g/mol. The van der Waals surface area contributed by atoms with Crippen LogP contribution < -0.4 is 10.6 Å². The van der Waals surface area contributed by atoms with Crippen LogP contribution >= 0.6 is 0 Å². The number of carbonyl (C=O) groups is 2. The van der Waals surface area contributed by atoms with Crippen LogP contribution in [0, 0.1) is 11.6 Å². The zero-order chi connectivity index (χ0) is 22.1. The lowest BCUT2D eigenvalue weighted by molar-refractivity contribution is -0.126. The maximum absolute atomic E-state index is 13.3. The predicted octanol–water partition coefficient (Wildman–Crippen LogP) is 3.31. The average Bonchev–Trinajstić information content (AvgIpc) is 2.76. The van der Waals surface area contributed by atoms with E-state index in [4.69, 9.17) is 4.74 Å². The van der Waals surface area contributed by atoms with Crippen LogP contribution in [-0.2, 0) is 27.2 Å². The molecule has 0 spiro atoms. The summed E-state index contributed by atoms with van der Waals surface area (Å²) in [5, 5.41) is 5.99. The Morgan fingerprint density at radius 1 is 0.871 bits per heavy atom. The van der Waals surface area contributed by atoms with Crippen LogP contribution in [0.3, 0.4) is 0 Å². The molecule has 0 radical (unpaired) electrons. The lowest BCUT2D eigenvalue weighted by Crippen LogP contribution is -2.58. The second-order valence-corrected chi connectivity index (χ2v) is 7.98. The number of nitrogens with one attached hydrogen (secondary N) is 2. The Labute approximate surface area is 181 Å². The summed E-state index contributed by atoms with van der Waals surface area (Å²) >= 11 is 0. The number of hydrogen-bond donors (Lipinski definition) is 2. The Morgan fingerprint density at radius 3 is 1.97 bits per heavy atom. The normalized spacial score (nSPS) is 15.3. The van der Waals surface area contributed by atoms with E-state index in [-0.39, 0.29) is 36.3 Å². The highest BCUT2D eigenvalue weighted by Gasteiger charge is 2.34. The van der Waals surface area contributed by atoms with Gasteiger partial charge in [0.25, 0.3) is 0 Å². The van der Waals surface area contributed by atoms with Crippen LogP contribution in [0.5, 0.6) is 0 Å². The number of halogens is 2. The number of ether oxygens (including phenoxy) is 1. The standard InChI is InChI=1S/C24H28F2N2O3/c25-20-5-1-3-18(15-20)7-9-22(29)27-17-24(11-13-31-14-12-24)28-23(30)10-8-19-4-2-6-21(26)16-19/h1-6,15-16H,7-14,17H2,(H,27,29)(H,28,30). The van der Waals surface area contributed by atoms with Crippen molar-refractivity contribution in [1.29, 1.82) is 0 Å². The highest BCUT2D eigenvalue weighted by molar-refractivity contribution is 5.78. The molecule has 2 aromatic rings. The molecule has 1 fully saturated rings. The van der Waals surface area contributed by atoms with E-state index in [9.17, 15) is 18.4 Å². The van der Waals surface area contributed by atoms with Gasteiger partial charge in [0.15, 0.2) is 0 Å². The first kappa shape index (κ1) is 22.9. The first-order chi connectivity index (χ1) is 14.9. The lowest BCUT2D eigenvalue weighted by Gasteiger charge is -2.38. The SMILES string of the molecule is O=C(CCc1cccc(F)c1)NCC1(NC(=O)CCc2cccc(F)c2)CCOCC1. The molecule has 0 bridgehead atoms. The molecule has 1 aliphatic rings. The predicted molar refractivity (Wildman–Crippen MR) is 113 cm³/mol. The van der Waals surface area contributed by atoms with Crippen molar-refractivity contribution in [1.82, 2.24) is 10.6 Å². The van der Waals surface area contributed by atoms with E-state index in [2.05, 4.69) is 10.6 Å². The number of amides is 2. The van der Waals surface area contributed by atoms with E-state index in [0.717, 1.165) is 11.1 Å². The Balaban J connectivity index is 1.49. The minimum atomic E-state index is -0.564. The fourth-order valence-corrected chi connectivity index (χ4v) is 3.72. The molecule has 7 heteroatoms. The van der Waals surface area contributed by atoms with Crippen LogP contribution in [0.1, 0.15) is 36.8 Å². The van der Waals surface area contributed by atoms with Crippen molar-refractivity contribution in [3.8, 4) is 0 Å². The van der Waals surface area contributed by atoms with Gasteiger partial charge in [-0.05, 0) is 61.1 Å². The zero-order valence-electron chi connectivity index (χ0n) is 17.5. The summed E-state index contributed by atoms with van der Waals surface area (Å²) in [4.78, 5) is 24.9. The van der Waals surface area contributed by atoms with Gasteiger partial charge in [-0.15, -0.1) is 0 Å². The summed E-state index contributed by atoms with van der Waals surface area (Å²) in [5.74, 6) is -0.927. The molecule has 1 saturated heterocycles. The summed E-state index contributed by atoms with van der Waals surface area (Å²) in [6, 6.07) is 12.4. The van der Waals surface area contributed by atoms with Gasteiger partial charge in [0.05, 0.1) is 5.54 Å². The number of benzene rings is 2. The number of aryl methyl sites for hydroxylation is 2. The zero-order valence-corrected chi connectivity index (χ0v) is 17.5. The van der Waals surface area contributed by atoms with Crippen molar-refractivity contribution in [3.05, 3.63) is 71.3 Å². The second-order valence-electron chi connectivity index (χ2n) is 7.98. The minimum Gasteiger partial charge on any atom is -0.381 e. The summed E-state index contributed by atoms with van der Waals surface area (Å²) in [6.07, 6.45) is 2.56. The summed E-state index contributed by atoms with van der Waals surface area (Å²) in [6.45, 7) is 1.32. The average molecular weight is 430 g/mol. The Hall–Kier alpha value is -2.80. The Kier molecular flexibility index (Phi) is 8.12. The van der Waals surface area contributed by atoms with Crippen LogP contribution in [0.25, 0.3) is 0 Å². The first-order valence-electron chi connectivity index (χ1n) is 10.6. The fourth-order valence-electron chi connectivity index (χ4n) is 3.72. The molecule has 2 aromatic carbocycles. The molecule has 2 N–H and O–H groups in total. The van der Waals surface area contributed by atoms with Crippen molar-refractivity contribution in [2.24, 2.45) is 0 Å². The van der Waals surface area contributed by atoms with Crippen LogP contribution in [0.15, 0.2) is 48.5 Å². The number of carbonyl (C=O) groups excluding carboxylic acids is 2. The van der Waals surface area contributed by atoms with E-state index >= 15 is 0 Å². The van der Waals surface area contributed by atoms with E-state index in [0.29, 0.717) is 45.4 Å². The van der Waals surface area contributed by atoms with Crippen molar-refractivity contribution in [2.45, 2.75) is 44.1 Å². The molecule has 3 rings (SSSR count). The lowest BCUT2D eigenvalue weighted by atomic mass is 9.89. The Morgan fingerprint density at radius 2 is 1.42 bits per heavy atom. The molecule has 0 unspecified atom stereocenters. The van der Waals surface area contributed by atoms with Gasteiger partial charge < -0.3 is 15.4 Å². The molecular weight excluding hydrogens is 402 g/mol. The molecule has 0 atom stereocenters. The van der Waals surface area contributed by atoms with Gasteiger partial charge in [0.2, 0.25) is 11.8 Å². The van der Waals surface area contributed by atoms with Crippen molar-refractivity contribution >= 4 is 11.8 Å².